The first-order valence-electron chi connectivity index (χ1n) is 5.51. The number of rotatable bonds is 2. The first-order chi connectivity index (χ1) is 8.43. The van der Waals surface area contributed by atoms with E-state index in [4.69, 9.17) is 0 Å². The summed E-state index contributed by atoms with van der Waals surface area (Å²) in [5.41, 5.74) is 3.33. The van der Waals surface area contributed by atoms with Crippen LogP contribution >= 0.6 is 0 Å². The average molecular weight is 411 g/mol. The molecular formula is C15H11IrN2-. The monoisotopic (exact) mass is 412 g/mol. The Morgan fingerprint density at radius 2 is 1.78 bits per heavy atom. The fourth-order valence-corrected chi connectivity index (χ4v) is 1.81. The van der Waals surface area contributed by atoms with Crippen molar-refractivity contribution in [3.05, 3.63) is 73.1 Å². The second kappa shape index (κ2) is 5.76. The molecule has 0 saturated carbocycles. The SMILES string of the molecule is [Ir].[c-]1ccc(-c2ccccc2)cc1-n1cccn1. The van der Waals surface area contributed by atoms with Crippen LogP contribution in [0, 0.1) is 6.07 Å². The number of hydrogen-bond donors (Lipinski definition) is 0. The maximum atomic E-state index is 4.21. The van der Waals surface area contributed by atoms with E-state index in [9.17, 15) is 0 Å². The van der Waals surface area contributed by atoms with Gasteiger partial charge in [-0.3, -0.25) is 4.68 Å². The van der Waals surface area contributed by atoms with Crippen molar-refractivity contribution in [1.29, 1.82) is 0 Å². The minimum atomic E-state index is 0. The van der Waals surface area contributed by atoms with Gasteiger partial charge in [0.15, 0.2) is 0 Å². The summed E-state index contributed by atoms with van der Waals surface area (Å²) in [5, 5.41) is 4.21. The van der Waals surface area contributed by atoms with Gasteiger partial charge in [-0.25, -0.2) is 0 Å². The minimum Gasteiger partial charge on any atom is -0.266 e. The van der Waals surface area contributed by atoms with Crippen LogP contribution in [0.1, 0.15) is 0 Å². The first-order valence-corrected chi connectivity index (χ1v) is 5.51. The van der Waals surface area contributed by atoms with Crippen LogP contribution in [0.5, 0.6) is 0 Å². The van der Waals surface area contributed by atoms with Crippen LogP contribution in [0.25, 0.3) is 16.8 Å². The Labute approximate surface area is 120 Å². The van der Waals surface area contributed by atoms with Gasteiger partial charge in [-0.05, 0) is 17.3 Å². The van der Waals surface area contributed by atoms with Crippen LogP contribution in [-0.2, 0) is 20.1 Å². The molecule has 1 radical (unpaired) electrons. The van der Waals surface area contributed by atoms with Gasteiger partial charge in [0.1, 0.15) is 0 Å². The zero-order chi connectivity index (χ0) is 11.5. The van der Waals surface area contributed by atoms with Gasteiger partial charge < -0.3 is 0 Å². The summed E-state index contributed by atoms with van der Waals surface area (Å²) < 4.78 is 1.81. The van der Waals surface area contributed by atoms with Crippen molar-refractivity contribution in [2.75, 3.05) is 0 Å². The van der Waals surface area contributed by atoms with Gasteiger partial charge in [0.25, 0.3) is 0 Å². The van der Waals surface area contributed by atoms with Crippen LogP contribution in [0.15, 0.2) is 67.0 Å². The topological polar surface area (TPSA) is 17.8 Å². The zero-order valence-corrected chi connectivity index (χ0v) is 12.0. The third-order valence-electron chi connectivity index (χ3n) is 2.64. The predicted molar refractivity (Wildman–Crippen MR) is 67.8 cm³/mol. The Morgan fingerprint density at radius 1 is 0.944 bits per heavy atom. The maximum Gasteiger partial charge on any atom is 0.0493 e. The number of aromatic nitrogens is 2. The Morgan fingerprint density at radius 3 is 2.50 bits per heavy atom. The van der Waals surface area contributed by atoms with Crippen molar-refractivity contribution in [3.63, 3.8) is 0 Å². The maximum absolute atomic E-state index is 4.21. The van der Waals surface area contributed by atoms with Gasteiger partial charge in [0.2, 0.25) is 0 Å². The fourth-order valence-electron chi connectivity index (χ4n) is 1.81. The molecule has 3 rings (SSSR count). The smallest absolute Gasteiger partial charge is 0.0493 e. The predicted octanol–water partition coefficient (Wildman–Crippen LogP) is 3.34. The molecular weight excluding hydrogens is 400 g/mol. The Balaban J connectivity index is 0.00000120. The van der Waals surface area contributed by atoms with Gasteiger partial charge >= 0.3 is 0 Å². The summed E-state index contributed by atoms with van der Waals surface area (Å²) in [4.78, 5) is 0. The molecule has 91 valence electrons. The van der Waals surface area contributed by atoms with E-state index in [0.717, 1.165) is 5.69 Å². The summed E-state index contributed by atoms with van der Waals surface area (Å²) in [6, 6.07) is 21.5. The van der Waals surface area contributed by atoms with Crippen LogP contribution < -0.4 is 0 Å². The molecule has 0 fully saturated rings. The normalized spacial score (nSPS) is 9.78. The number of benzene rings is 2. The summed E-state index contributed by atoms with van der Waals surface area (Å²) in [6.07, 6.45) is 3.68. The zero-order valence-electron chi connectivity index (χ0n) is 9.58. The molecule has 0 saturated heterocycles. The van der Waals surface area contributed by atoms with Crippen molar-refractivity contribution >= 4 is 0 Å². The molecule has 0 aliphatic rings. The molecule has 18 heavy (non-hydrogen) atoms. The van der Waals surface area contributed by atoms with Gasteiger partial charge in [-0.2, -0.15) is 23.3 Å². The standard InChI is InChI=1S/C15H11N2.Ir/c1-2-6-13(7-3-1)14-8-4-9-15(12-14)17-11-5-10-16-17;/h1-8,10-12H;/q-1;. The molecule has 2 aromatic carbocycles. The molecule has 0 atom stereocenters. The first kappa shape index (κ1) is 12.7. The largest absolute Gasteiger partial charge is 0.266 e. The molecule has 1 heterocycles. The molecule has 0 N–H and O–H groups in total. The van der Waals surface area contributed by atoms with Gasteiger partial charge in [-0.1, -0.05) is 30.3 Å². The third kappa shape index (κ3) is 2.58. The van der Waals surface area contributed by atoms with E-state index in [-0.39, 0.29) is 20.1 Å². The summed E-state index contributed by atoms with van der Waals surface area (Å²) in [6.45, 7) is 0. The molecule has 0 unspecified atom stereocenters. The third-order valence-corrected chi connectivity index (χ3v) is 2.64. The van der Waals surface area contributed by atoms with E-state index in [1.54, 1.807) is 6.20 Å². The van der Waals surface area contributed by atoms with E-state index in [1.807, 2.05) is 41.2 Å². The Hall–Kier alpha value is -1.70. The Bertz CT molecular complexity index is 603. The van der Waals surface area contributed by atoms with Crippen LogP contribution in [0.4, 0.5) is 0 Å². The summed E-state index contributed by atoms with van der Waals surface area (Å²) >= 11 is 0. The summed E-state index contributed by atoms with van der Waals surface area (Å²) in [5.74, 6) is 0. The van der Waals surface area contributed by atoms with Crippen molar-refractivity contribution in [3.8, 4) is 16.8 Å². The van der Waals surface area contributed by atoms with E-state index in [0.29, 0.717) is 0 Å². The second-order valence-electron chi connectivity index (χ2n) is 3.78. The van der Waals surface area contributed by atoms with Crippen molar-refractivity contribution in [2.45, 2.75) is 0 Å². The quantitative estimate of drug-likeness (QED) is 0.592. The molecule has 2 nitrogen and oxygen atoms in total. The molecule has 0 aliphatic heterocycles. The average Bonchev–Trinajstić information content (AvgIpc) is 2.94. The van der Waals surface area contributed by atoms with E-state index < -0.39 is 0 Å². The van der Waals surface area contributed by atoms with E-state index in [2.05, 4.69) is 35.4 Å². The molecule has 3 heteroatoms. The molecule has 0 amide bonds. The molecule has 0 aliphatic carbocycles. The van der Waals surface area contributed by atoms with Crippen LogP contribution in [0.3, 0.4) is 0 Å². The second-order valence-corrected chi connectivity index (χ2v) is 3.78. The van der Waals surface area contributed by atoms with Crippen LogP contribution in [0.2, 0.25) is 0 Å². The molecule has 0 spiro atoms. The number of nitrogens with zero attached hydrogens (tertiary/aromatic N) is 2. The summed E-state index contributed by atoms with van der Waals surface area (Å²) in [7, 11) is 0. The molecule has 1 aromatic heterocycles. The van der Waals surface area contributed by atoms with Gasteiger partial charge in [-0.15, -0.1) is 11.6 Å². The minimum absolute atomic E-state index is 0. The van der Waals surface area contributed by atoms with Gasteiger partial charge in [0, 0.05) is 32.5 Å². The number of hydrogen-bond acceptors (Lipinski definition) is 1. The van der Waals surface area contributed by atoms with E-state index in [1.165, 1.54) is 11.1 Å². The molecule has 0 bridgehead atoms. The fraction of sp³-hybridized carbons (Fsp3) is 0. The Kier molecular flexibility index (Phi) is 4.08. The van der Waals surface area contributed by atoms with E-state index >= 15 is 0 Å². The van der Waals surface area contributed by atoms with Crippen molar-refractivity contribution in [2.24, 2.45) is 0 Å². The van der Waals surface area contributed by atoms with Gasteiger partial charge in [0.05, 0.1) is 0 Å². The van der Waals surface area contributed by atoms with Crippen molar-refractivity contribution < 1.29 is 20.1 Å². The van der Waals surface area contributed by atoms with Crippen LogP contribution in [-0.4, -0.2) is 9.78 Å². The molecule has 3 aromatic rings. The van der Waals surface area contributed by atoms with Crippen molar-refractivity contribution in [1.82, 2.24) is 9.78 Å².